The third-order valence-corrected chi connectivity index (χ3v) is 4.77. The Hall–Kier alpha value is -2.82. The first-order valence-electron chi connectivity index (χ1n) is 9.63. The Kier molecular flexibility index (Phi) is 9.57. The van der Waals surface area contributed by atoms with E-state index in [1.807, 2.05) is 19.9 Å². The second-order valence-corrected chi connectivity index (χ2v) is 7.90. The smallest absolute Gasteiger partial charge is 0.240 e. The van der Waals surface area contributed by atoms with Crippen LogP contribution in [0.5, 0.6) is 17.2 Å². The van der Waals surface area contributed by atoms with Crippen molar-refractivity contribution in [2.24, 2.45) is 5.10 Å². The highest BCUT2D eigenvalue weighted by Gasteiger charge is 2.13. The largest absolute Gasteiger partial charge is 0.495 e. The lowest BCUT2D eigenvalue weighted by Gasteiger charge is -2.15. The van der Waals surface area contributed by atoms with Gasteiger partial charge in [0.25, 0.3) is 0 Å². The van der Waals surface area contributed by atoms with Crippen molar-refractivity contribution in [2.75, 3.05) is 19.5 Å². The highest BCUT2D eigenvalue weighted by atomic mass is 127. The molecule has 2 rings (SSSR count). The number of nitrogens with one attached hydrogen (secondary N) is 2. The number of rotatable bonds is 10. The molecule has 0 aliphatic rings. The summed E-state index contributed by atoms with van der Waals surface area (Å²) in [5, 5.41) is 6.69. The number of halogens is 1. The summed E-state index contributed by atoms with van der Waals surface area (Å²) >= 11 is 2.16. The summed E-state index contributed by atoms with van der Waals surface area (Å²) in [5.74, 6) is 1.15. The maximum Gasteiger partial charge on any atom is 0.240 e. The van der Waals surface area contributed by atoms with Crippen LogP contribution < -0.4 is 25.0 Å². The topological polar surface area (TPSA) is 98.2 Å². The number of carbonyl (C=O) groups is 2. The molecule has 0 radical (unpaired) electrons. The number of ether oxygens (including phenoxy) is 3. The first-order chi connectivity index (χ1) is 14.8. The van der Waals surface area contributed by atoms with Crippen molar-refractivity contribution in [1.29, 1.82) is 0 Å². The number of hydrogen-bond donors (Lipinski definition) is 2. The Morgan fingerprint density at radius 1 is 1.06 bits per heavy atom. The SMILES string of the molecule is COc1ccccc1NC(=O)CCC(=O)NN=Cc1cc(I)c(OC(C)C)c(OC)c1. The van der Waals surface area contributed by atoms with E-state index in [1.54, 1.807) is 37.4 Å². The van der Waals surface area contributed by atoms with Gasteiger partial charge in [-0.1, -0.05) is 12.1 Å². The monoisotopic (exact) mass is 539 g/mol. The Balaban J connectivity index is 1.88. The highest BCUT2D eigenvalue weighted by Crippen LogP contribution is 2.34. The van der Waals surface area contributed by atoms with E-state index in [0.29, 0.717) is 22.9 Å². The third kappa shape index (κ3) is 7.74. The molecule has 2 aromatic rings. The molecule has 31 heavy (non-hydrogen) atoms. The molecule has 2 amide bonds. The highest BCUT2D eigenvalue weighted by molar-refractivity contribution is 14.1. The zero-order chi connectivity index (χ0) is 22.8. The van der Waals surface area contributed by atoms with Crippen LogP contribution in [0, 0.1) is 3.57 Å². The predicted octanol–water partition coefficient (Wildman–Crippen LogP) is 3.96. The molecule has 0 aliphatic carbocycles. The number of methoxy groups -OCH3 is 2. The van der Waals surface area contributed by atoms with E-state index in [0.717, 1.165) is 9.13 Å². The second-order valence-electron chi connectivity index (χ2n) is 6.74. The first kappa shape index (κ1) is 24.4. The molecule has 0 unspecified atom stereocenters. The van der Waals surface area contributed by atoms with E-state index in [-0.39, 0.29) is 30.8 Å². The minimum atomic E-state index is -0.368. The van der Waals surface area contributed by atoms with Gasteiger partial charge < -0.3 is 19.5 Å². The zero-order valence-electron chi connectivity index (χ0n) is 17.9. The van der Waals surface area contributed by atoms with E-state index in [9.17, 15) is 9.59 Å². The fourth-order valence-corrected chi connectivity index (χ4v) is 3.34. The summed E-state index contributed by atoms with van der Waals surface area (Å²) in [5.41, 5.74) is 3.73. The summed E-state index contributed by atoms with van der Waals surface area (Å²) in [6.45, 7) is 3.88. The number of benzene rings is 2. The molecule has 2 N–H and O–H groups in total. The molecule has 0 aliphatic heterocycles. The lowest BCUT2D eigenvalue weighted by atomic mass is 10.2. The molecule has 0 saturated heterocycles. The van der Waals surface area contributed by atoms with Crippen LogP contribution in [-0.4, -0.2) is 38.4 Å². The number of nitrogens with zero attached hydrogens (tertiary/aromatic N) is 1. The van der Waals surface area contributed by atoms with Gasteiger partial charge in [0.05, 0.1) is 35.8 Å². The summed E-state index contributed by atoms with van der Waals surface area (Å²) in [6, 6.07) is 10.7. The summed E-state index contributed by atoms with van der Waals surface area (Å²) in [4.78, 5) is 24.1. The van der Waals surface area contributed by atoms with Gasteiger partial charge >= 0.3 is 0 Å². The number of carbonyl (C=O) groups excluding carboxylic acids is 2. The van der Waals surface area contributed by atoms with Gasteiger partial charge in [-0.15, -0.1) is 0 Å². The van der Waals surface area contributed by atoms with Crippen LogP contribution in [0.2, 0.25) is 0 Å². The van der Waals surface area contributed by atoms with Crippen LogP contribution in [0.4, 0.5) is 5.69 Å². The molecule has 0 spiro atoms. The van der Waals surface area contributed by atoms with Gasteiger partial charge in [-0.2, -0.15) is 5.10 Å². The lowest BCUT2D eigenvalue weighted by Crippen LogP contribution is -2.20. The van der Waals surface area contributed by atoms with Crippen molar-refractivity contribution in [3.8, 4) is 17.2 Å². The Morgan fingerprint density at radius 2 is 1.74 bits per heavy atom. The molecule has 166 valence electrons. The summed E-state index contributed by atoms with van der Waals surface area (Å²) < 4.78 is 17.2. The van der Waals surface area contributed by atoms with Crippen LogP contribution in [0.25, 0.3) is 0 Å². The molecule has 0 bridgehead atoms. The van der Waals surface area contributed by atoms with Crippen molar-refractivity contribution in [3.63, 3.8) is 0 Å². The lowest BCUT2D eigenvalue weighted by molar-refractivity contribution is -0.124. The van der Waals surface area contributed by atoms with Gasteiger partial charge in [-0.25, -0.2) is 5.43 Å². The maximum atomic E-state index is 12.1. The maximum absolute atomic E-state index is 12.1. The van der Waals surface area contributed by atoms with Gasteiger partial charge in [0, 0.05) is 12.8 Å². The fraction of sp³-hybridized carbons (Fsp3) is 0.318. The number of anilines is 1. The van der Waals surface area contributed by atoms with Crippen LogP contribution in [0.1, 0.15) is 32.3 Å². The molecule has 9 heteroatoms. The second kappa shape index (κ2) is 12.1. The van der Waals surface area contributed by atoms with Gasteiger partial charge in [-0.05, 0) is 66.3 Å². The molecule has 0 atom stereocenters. The van der Waals surface area contributed by atoms with Gasteiger partial charge in [0.2, 0.25) is 11.8 Å². The molecule has 8 nitrogen and oxygen atoms in total. The van der Waals surface area contributed by atoms with Crippen molar-refractivity contribution >= 4 is 46.3 Å². The van der Waals surface area contributed by atoms with Crippen molar-refractivity contribution in [2.45, 2.75) is 32.8 Å². The molecular formula is C22H26IN3O5. The zero-order valence-corrected chi connectivity index (χ0v) is 20.1. The van der Waals surface area contributed by atoms with Gasteiger partial charge in [0.15, 0.2) is 11.5 Å². The standard InChI is InChI=1S/C22H26IN3O5/c1-14(2)31-22-16(23)11-15(12-19(22)30-4)13-24-26-21(28)10-9-20(27)25-17-7-5-6-8-18(17)29-3/h5-8,11-14H,9-10H2,1-4H3,(H,25,27)(H,26,28). The minimum absolute atomic E-state index is 0.000341. The van der Waals surface area contributed by atoms with E-state index >= 15 is 0 Å². The number of hydrogen-bond acceptors (Lipinski definition) is 6. The third-order valence-electron chi connectivity index (χ3n) is 3.97. The van der Waals surface area contributed by atoms with E-state index in [4.69, 9.17) is 14.2 Å². The van der Waals surface area contributed by atoms with Crippen LogP contribution >= 0.6 is 22.6 Å². The first-order valence-corrected chi connectivity index (χ1v) is 10.7. The van der Waals surface area contributed by atoms with Crippen molar-refractivity contribution < 1.29 is 23.8 Å². The average molecular weight is 539 g/mol. The van der Waals surface area contributed by atoms with E-state index in [2.05, 4.69) is 38.4 Å². The Bertz CT molecular complexity index is 947. The normalized spacial score (nSPS) is 10.8. The molecule has 0 saturated carbocycles. The Morgan fingerprint density at radius 3 is 2.42 bits per heavy atom. The quantitative estimate of drug-likeness (QED) is 0.271. The summed E-state index contributed by atoms with van der Waals surface area (Å²) in [6.07, 6.45) is 1.55. The van der Waals surface area contributed by atoms with Gasteiger partial charge in [-0.3, -0.25) is 9.59 Å². The fourth-order valence-electron chi connectivity index (χ4n) is 2.59. The molecule has 0 aromatic heterocycles. The van der Waals surface area contributed by atoms with Crippen LogP contribution in [0.3, 0.4) is 0 Å². The Labute approximate surface area is 195 Å². The minimum Gasteiger partial charge on any atom is -0.495 e. The molecule has 2 aromatic carbocycles. The predicted molar refractivity (Wildman–Crippen MR) is 128 cm³/mol. The number of amides is 2. The summed E-state index contributed by atoms with van der Waals surface area (Å²) in [7, 11) is 3.09. The van der Waals surface area contributed by atoms with Gasteiger partial charge in [0.1, 0.15) is 5.75 Å². The molecule has 0 fully saturated rings. The van der Waals surface area contributed by atoms with E-state index < -0.39 is 0 Å². The van der Waals surface area contributed by atoms with Crippen LogP contribution in [0.15, 0.2) is 41.5 Å². The van der Waals surface area contributed by atoms with Crippen LogP contribution in [-0.2, 0) is 9.59 Å². The number of para-hydroxylation sites is 2. The van der Waals surface area contributed by atoms with Crippen molar-refractivity contribution in [1.82, 2.24) is 5.43 Å². The van der Waals surface area contributed by atoms with E-state index in [1.165, 1.54) is 13.3 Å². The molecular weight excluding hydrogens is 513 g/mol. The molecule has 0 heterocycles. The number of hydrazone groups is 1. The van der Waals surface area contributed by atoms with Crippen molar-refractivity contribution in [3.05, 3.63) is 45.5 Å². The average Bonchev–Trinajstić information content (AvgIpc) is 2.74.